The molecule has 0 saturated carbocycles. The third-order valence-electron chi connectivity index (χ3n) is 5.13. The van der Waals surface area contributed by atoms with Crippen LogP contribution in [0.4, 0.5) is 5.82 Å². The number of fused-ring (bicyclic) bond motifs is 1. The first-order valence-electron chi connectivity index (χ1n) is 9.95. The van der Waals surface area contributed by atoms with E-state index in [0.29, 0.717) is 39.3 Å². The minimum Gasteiger partial charge on any atom is -0.365 e. The first kappa shape index (κ1) is 21.3. The molecule has 1 amide bonds. The average Bonchev–Trinajstić information content (AvgIpc) is 3.03. The topological polar surface area (TPSA) is 66.7 Å². The average molecular weight is 451 g/mol. The van der Waals surface area contributed by atoms with E-state index in [1.54, 1.807) is 12.3 Å². The normalized spacial score (nSPS) is 15.3. The molecule has 1 fully saturated rings. The number of benzene rings is 1. The van der Waals surface area contributed by atoms with E-state index in [-0.39, 0.29) is 11.5 Å². The third-order valence-corrected chi connectivity index (χ3v) is 6.51. The Morgan fingerprint density at radius 3 is 2.58 bits per heavy atom. The number of nitrogens with zero attached hydrogens (tertiary/aromatic N) is 3. The van der Waals surface area contributed by atoms with Gasteiger partial charge in [-0.05, 0) is 44.0 Å². The molecule has 1 aliphatic rings. The monoisotopic (exact) mass is 450 g/mol. The number of aryl methyl sites for hydroxylation is 2. The van der Waals surface area contributed by atoms with Crippen molar-refractivity contribution in [1.29, 1.82) is 0 Å². The number of thioether (sulfide) groups is 1. The summed E-state index contributed by atoms with van der Waals surface area (Å²) in [6.07, 6.45) is 3.30. The molecule has 1 aliphatic heterocycles. The summed E-state index contributed by atoms with van der Waals surface area (Å²) in [5.74, 6) is 0.261. The molecule has 158 valence electrons. The smallest absolute Gasteiger partial charge is 0.267 e. The van der Waals surface area contributed by atoms with Gasteiger partial charge in [-0.25, -0.2) is 4.98 Å². The largest absolute Gasteiger partial charge is 0.365 e. The van der Waals surface area contributed by atoms with E-state index in [0.717, 1.165) is 11.1 Å². The van der Waals surface area contributed by atoms with E-state index >= 15 is 0 Å². The molecule has 3 aromatic rings. The summed E-state index contributed by atoms with van der Waals surface area (Å²) in [4.78, 5) is 32.7. The van der Waals surface area contributed by atoms with Crippen LogP contribution in [0.1, 0.15) is 29.2 Å². The minimum atomic E-state index is -0.234. The highest BCUT2D eigenvalue weighted by atomic mass is 32.2. The van der Waals surface area contributed by atoms with Crippen LogP contribution in [0.3, 0.4) is 0 Å². The van der Waals surface area contributed by atoms with Crippen LogP contribution in [0.5, 0.6) is 0 Å². The maximum atomic E-state index is 13.4. The second-order valence-corrected chi connectivity index (χ2v) is 9.00. The van der Waals surface area contributed by atoms with E-state index in [4.69, 9.17) is 17.2 Å². The molecule has 31 heavy (non-hydrogen) atoms. The summed E-state index contributed by atoms with van der Waals surface area (Å²) >= 11 is 6.52. The number of hydrogen-bond donors (Lipinski definition) is 1. The second kappa shape index (κ2) is 8.64. The lowest BCUT2D eigenvalue weighted by molar-refractivity contribution is -0.121. The molecule has 1 saturated heterocycles. The van der Waals surface area contributed by atoms with Gasteiger partial charge in [0.25, 0.3) is 11.5 Å². The zero-order valence-corrected chi connectivity index (χ0v) is 19.1. The fraction of sp³-hybridized carbons (Fsp3) is 0.217. The molecule has 0 unspecified atom stereocenters. The van der Waals surface area contributed by atoms with Gasteiger partial charge in [0.05, 0.1) is 10.5 Å². The summed E-state index contributed by atoms with van der Waals surface area (Å²) in [6, 6.07) is 11.9. The Bertz CT molecular complexity index is 1280. The molecule has 8 heteroatoms. The summed E-state index contributed by atoms with van der Waals surface area (Å²) in [5, 5.41) is 3.30. The van der Waals surface area contributed by atoms with Crippen molar-refractivity contribution in [3.8, 4) is 0 Å². The summed E-state index contributed by atoms with van der Waals surface area (Å²) < 4.78 is 2.01. The predicted octanol–water partition coefficient (Wildman–Crippen LogP) is 4.14. The highest BCUT2D eigenvalue weighted by Gasteiger charge is 2.31. The van der Waals surface area contributed by atoms with Crippen molar-refractivity contribution in [3.05, 3.63) is 80.1 Å². The lowest BCUT2D eigenvalue weighted by Gasteiger charge is -2.13. The molecule has 1 aromatic carbocycles. The van der Waals surface area contributed by atoms with E-state index in [9.17, 15) is 9.59 Å². The fourth-order valence-electron chi connectivity index (χ4n) is 3.37. The van der Waals surface area contributed by atoms with Crippen LogP contribution in [-0.2, 0) is 11.3 Å². The van der Waals surface area contributed by atoms with E-state index in [1.807, 2.05) is 57.2 Å². The fourth-order valence-corrected chi connectivity index (χ4v) is 4.74. The standard InChI is InChI=1S/C23H22N4O2S2/c1-4-26-22(29)18(31-23(26)30)12-17-19(24-13-16-9-7-14(2)8-10-16)25-20-15(3)6-5-11-27(20)21(17)28/h5-12,24H,4,13H2,1-3H3/b18-12-. The second-order valence-electron chi connectivity index (χ2n) is 7.33. The van der Waals surface area contributed by atoms with Gasteiger partial charge in [-0.2, -0.15) is 0 Å². The van der Waals surface area contributed by atoms with Gasteiger partial charge in [0, 0.05) is 19.3 Å². The first-order chi connectivity index (χ1) is 14.9. The van der Waals surface area contributed by atoms with Crippen molar-refractivity contribution in [2.75, 3.05) is 11.9 Å². The Morgan fingerprint density at radius 2 is 1.90 bits per heavy atom. The molecule has 0 aliphatic carbocycles. The molecular weight excluding hydrogens is 428 g/mol. The van der Waals surface area contributed by atoms with Crippen molar-refractivity contribution < 1.29 is 4.79 Å². The van der Waals surface area contributed by atoms with Crippen LogP contribution in [-0.4, -0.2) is 31.1 Å². The molecule has 4 rings (SSSR count). The minimum absolute atomic E-state index is 0.185. The van der Waals surface area contributed by atoms with E-state index in [2.05, 4.69) is 5.32 Å². The van der Waals surface area contributed by atoms with Gasteiger partial charge in [0.2, 0.25) is 0 Å². The maximum absolute atomic E-state index is 13.4. The van der Waals surface area contributed by atoms with Gasteiger partial charge in [-0.3, -0.25) is 18.9 Å². The lowest BCUT2D eigenvalue weighted by Crippen LogP contribution is -2.27. The molecule has 6 nitrogen and oxygen atoms in total. The van der Waals surface area contributed by atoms with Crippen LogP contribution in [0, 0.1) is 13.8 Å². The number of hydrogen-bond acceptors (Lipinski definition) is 6. The van der Waals surface area contributed by atoms with Crippen LogP contribution < -0.4 is 10.9 Å². The van der Waals surface area contributed by atoms with Crippen molar-refractivity contribution >= 4 is 51.7 Å². The van der Waals surface area contributed by atoms with Crippen LogP contribution in [0.25, 0.3) is 11.7 Å². The maximum Gasteiger partial charge on any atom is 0.267 e. The number of rotatable bonds is 5. The number of pyridine rings is 1. The molecule has 0 atom stereocenters. The van der Waals surface area contributed by atoms with Gasteiger partial charge < -0.3 is 5.32 Å². The van der Waals surface area contributed by atoms with E-state index < -0.39 is 0 Å². The lowest BCUT2D eigenvalue weighted by atomic mass is 10.1. The Hall–Kier alpha value is -2.97. The molecule has 3 heterocycles. The number of aromatic nitrogens is 2. The molecule has 1 N–H and O–H groups in total. The highest BCUT2D eigenvalue weighted by molar-refractivity contribution is 8.26. The number of likely N-dealkylation sites (N-methyl/N-ethyl adjacent to an activating group) is 1. The third kappa shape index (κ3) is 4.13. The Morgan fingerprint density at radius 1 is 1.16 bits per heavy atom. The van der Waals surface area contributed by atoms with Crippen molar-refractivity contribution in [3.63, 3.8) is 0 Å². The molecule has 0 radical (unpaired) electrons. The van der Waals surface area contributed by atoms with Crippen molar-refractivity contribution in [2.24, 2.45) is 0 Å². The predicted molar refractivity (Wildman–Crippen MR) is 130 cm³/mol. The van der Waals surface area contributed by atoms with Crippen LogP contribution in [0.2, 0.25) is 0 Å². The van der Waals surface area contributed by atoms with Gasteiger partial charge in [-0.1, -0.05) is 59.9 Å². The Labute approximate surface area is 190 Å². The van der Waals surface area contributed by atoms with Crippen molar-refractivity contribution in [2.45, 2.75) is 27.3 Å². The van der Waals surface area contributed by atoms with E-state index in [1.165, 1.54) is 26.6 Å². The van der Waals surface area contributed by atoms with Crippen LogP contribution >= 0.6 is 24.0 Å². The number of thiocarbonyl (C=S) groups is 1. The zero-order valence-electron chi connectivity index (χ0n) is 17.5. The van der Waals surface area contributed by atoms with Gasteiger partial charge in [0.15, 0.2) is 0 Å². The Balaban J connectivity index is 1.81. The summed E-state index contributed by atoms with van der Waals surface area (Å²) in [6.45, 7) is 6.83. The van der Waals surface area contributed by atoms with Crippen LogP contribution in [0.15, 0.2) is 52.3 Å². The molecule has 2 aromatic heterocycles. The van der Waals surface area contributed by atoms with Gasteiger partial charge in [-0.15, -0.1) is 0 Å². The first-order valence-corrected chi connectivity index (χ1v) is 11.2. The highest BCUT2D eigenvalue weighted by Crippen LogP contribution is 2.32. The van der Waals surface area contributed by atoms with Gasteiger partial charge in [0.1, 0.15) is 15.8 Å². The quantitative estimate of drug-likeness (QED) is 0.465. The molecular formula is C23H22N4O2S2. The number of carbonyl (C=O) groups is 1. The summed E-state index contributed by atoms with van der Waals surface area (Å²) in [7, 11) is 0. The van der Waals surface area contributed by atoms with Gasteiger partial charge >= 0.3 is 0 Å². The SMILES string of the molecule is CCN1C(=O)/C(=C/c2c(NCc3ccc(C)cc3)nc3c(C)cccn3c2=O)SC1=S. The molecule has 0 spiro atoms. The Kier molecular flexibility index (Phi) is 5.93. The number of anilines is 1. The number of amides is 1. The summed E-state index contributed by atoms with van der Waals surface area (Å²) in [5.41, 5.74) is 3.83. The molecule has 0 bridgehead atoms. The number of carbonyl (C=O) groups excluding carboxylic acids is 1. The van der Waals surface area contributed by atoms with Crippen molar-refractivity contribution in [1.82, 2.24) is 14.3 Å². The zero-order chi connectivity index (χ0) is 22.1. The number of nitrogens with one attached hydrogen (secondary N) is 1.